The summed E-state index contributed by atoms with van der Waals surface area (Å²) in [6, 6.07) is -1.09. The smallest absolute Gasteiger partial charge is 0.329 e. The van der Waals surface area contributed by atoms with Crippen molar-refractivity contribution in [3.8, 4) is 0 Å². The van der Waals surface area contributed by atoms with Gasteiger partial charge in [0.15, 0.2) is 0 Å². The van der Waals surface area contributed by atoms with E-state index in [9.17, 15) is 13.2 Å². The van der Waals surface area contributed by atoms with Gasteiger partial charge in [-0.3, -0.25) is 9.80 Å². The summed E-state index contributed by atoms with van der Waals surface area (Å²) in [7, 11) is 0. The van der Waals surface area contributed by atoms with Gasteiger partial charge in [-0.2, -0.15) is 13.2 Å². The van der Waals surface area contributed by atoms with Gasteiger partial charge < -0.3 is 5.73 Å². The third-order valence-corrected chi connectivity index (χ3v) is 3.12. The lowest BCUT2D eigenvalue weighted by Gasteiger charge is -2.40. The molecule has 1 heterocycles. The summed E-state index contributed by atoms with van der Waals surface area (Å²) in [5, 5.41) is 0. The number of nitrogens with zero attached hydrogens (tertiary/aromatic N) is 2. The summed E-state index contributed by atoms with van der Waals surface area (Å²) in [6.07, 6.45) is -4.21. The van der Waals surface area contributed by atoms with E-state index in [1.165, 1.54) is 4.90 Å². The maximum Gasteiger partial charge on any atom is 0.405 e. The number of rotatable bonds is 3. The number of hydrogen-bond acceptors (Lipinski definition) is 3. The first kappa shape index (κ1) is 13.7. The van der Waals surface area contributed by atoms with Gasteiger partial charge in [0, 0.05) is 38.8 Å². The lowest BCUT2D eigenvalue weighted by molar-refractivity contribution is -0.185. The van der Waals surface area contributed by atoms with Crippen LogP contribution in [0.4, 0.5) is 13.2 Å². The highest BCUT2D eigenvalue weighted by Gasteiger charge is 2.43. The molecular formula is C10H20F3N3. The highest BCUT2D eigenvalue weighted by Crippen LogP contribution is 2.25. The molecule has 96 valence electrons. The molecule has 1 rings (SSSR count). The fourth-order valence-electron chi connectivity index (χ4n) is 2.06. The Morgan fingerprint density at radius 1 is 1.06 bits per heavy atom. The van der Waals surface area contributed by atoms with Crippen molar-refractivity contribution in [1.29, 1.82) is 0 Å². The lowest BCUT2D eigenvalue weighted by Crippen LogP contribution is -2.58. The average molecular weight is 239 g/mol. The summed E-state index contributed by atoms with van der Waals surface area (Å²) >= 11 is 0. The second-order valence-electron chi connectivity index (χ2n) is 4.46. The van der Waals surface area contributed by atoms with E-state index in [-0.39, 0.29) is 6.54 Å². The minimum absolute atomic E-state index is 0.356. The van der Waals surface area contributed by atoms with Crippen LogP contribution in [0.15, 0.2) is 0 Å². The van der Waals surface area contributed by atoms with Crippen molar-refractivity contribution in [2.24, 2.45) is 5.73 Å². The predicted octanol–water partition coefficient (Wildman–Crippen LogP) is 0.902. The number of hydrogen-bond donors (Lipinski definition) is 1. The normalized spacial score (nSPS) is 22.7. The Bertz CT molecular complexity index is 210. The zero-order valence-corrected chi connectivity index (χ0v) is 9.80. The van der Waals surface area contributed by atoms with Gasteiger partial charge in [0.05, 0.1) is 0 Å². The molecule has 2 N–H and O–H groups in total. The fraction of sp³-hybridized carbons (Fsp3) is 1.00. The molecule has 3 nitrogen and oxygen atoms in total. The quantitative estimate of drug-likeness (QED) is 0.794. The summed E-state index contributed by atoms with van der Waals surface area (Å²) < 4.78 is 37.9. The van der Waals surface area contributed by atoms with Gasteiger partial charge in [0.2, 0.25) is 0 Å². The highest BCUT2D eigenvalue weighted by molar-refractivity contribution is 4.84. The SMILES string of the molecule is CC(C)N1CCN(C(CN)C(F)(F)F)CC1. The monoisotopic (exact) mass is 239 g/mol. The molecule has 1 saturated heterocycles. The van der Waals surface area contributed by atoms with Crippen LogP contribution >= 0.6 is 0 Å². The zero-order valence-electron chi connectivity index (χ0n) is 9.80. The molecule has 16 heavy (non-hydrogen) atoms. The molecule has 0 amide bonds. The molecule has 1 unspecified atom stereocenters. The third kappa shape index (κ3) is 3.33. The van der Waals surface area contributed by atoms with E-state index in [1.54, 1.807) is 0 Å². The fourth-order valence-corrected chi connectivity index (χ4v) is 2.06. The molecule has 6 heteroatoms. The Labute approximate surface area is 94.4 Å². The predicted molar refractivity (Wildman–Crippen MR) is 57.2 cm³/mol. The molecule has 0 bridgehead atoms. The highest BCUT2D eigenvalue weighted by atomic mass is 19.4. The summed E-state index contributed by atoms with van der Waals surface area (Å²) in [4.78, 5) is 3.62. The lowest BCUT2D eigenvalue weighted by atomic mass is 10.2. The molecular weight excluding hydrogens is 219 g/mol. The van der Waals surface area contributed by atoms with Crippen LogP contribution in [0.1, 0.15) is 13.8 Å². The van der Waals surface area contributed by atoms with Crippen LogP contribution in [0.2, 0.25) is 0 Å². The van der Waals surface area contributed by atoms with Crippen molar-refractivity contribution in [3.63, 3.8) is 0 Å². The first-order valence-electron chi connectivity index (χ1n) is 5.61. The molecule has 1 fully saturated rings. The molecule has 0 aromatic carbocycles. The van der Waals surface area contributed by atoms with Gasteiger partial charge in [-0.15, -0.1) is 0 Å². The maximum atomic E-state index is 12.6. The Balaban J connectivity index is 2.52. The summed E-state index contributed by atoms with van der Waals surface area (Å²) in [5.41, 5.74) is 5.21. The molecule has 1 aliphatic rings. The minimum atomic E-state index is -4.21. The van der Waals surface area contributed by atoms with Crippen LogP contribution in [0.25, 0.3) is 0 Å². The van der Waals surface area contributed by atoms with Crippen molar-refractivity contribution in [3.05, 3.63) is 0 Å². The van der Waals surface area contributed by atoms with Crippen LogP contribution in [0, 0.1) is 0 Å². The zero-order chi connectivity index (χ0) is 12.3. The van der Waals surface area contributed by atoms with E-state index >= 15 is 0 Å². The second kappa shape index (κ2) is 5.33. The molecule has 1 atom stereocenters. The van der Waals surface area contributed by atoms with Gasteiger partial charge in [-0.05, 0) is 13.8 Å². The molecule has 0 spiro atoms. The van der Waals surface area contributed by atoms with Crippen LogP contribution in [0.5, 0.6) is 0 Å². The maximum absolute atomic E-state index is 12.6. The summed E-state index contributed by atoms with van der Waals surface area (Å²) in [5.74, 6) is 0. The standard InChI is InChI=1S/C10H20F3N3/c1-8(2)15-3-5-16(6-4-15)9(7-14)10(11,12)13/h8-9H,3-7,14H2,1-2H3. The number of piperazine rings is 1. The van der Waals surface area contributed by atoms with Crippen LogP contribution < -0.4 is 5.73 Å². The van der Waals surface area contributed by atoms with Gasteiger partial charge in [-0.1, -0.05) is 0 Å². The molecule has 0 aromatic heterocycles. The third-order valence-electron chi connectivity index (χ3n) is 3.12. The number of nitrogens with two attached hydrogens (primary N) is 1. The Hall–Kier alpha value is -0.330. The Morgan fingerprint density at radius 3 is 1.81 bits per heavy atom. The molecule has 0 radical (unpaired) electrons. The minimum Gasteiger partial charge on any atom is -0.329 e. The van der Waals surface area contributed by atoms with Gasteiger partial charge >= 0.3 is 6.18 Å². The largest absolute Gasteiger partial charge is 0.405 e. The van der Waals surface area contributed by atoms with E-state index in [4.69, 9.17) is 5.73 Å². The average Bonchev–Trinajstić information content (AvgIpc) is 2.17. The van der Waals surface area contributed by atoms with Crippen LogP contribution in [-0.4, -0.2) is 60.8 Å². The van der Waals surface area contributed by atoms with E-state index in [2.05, 4.69) is 18.7 Å². The van der Waals surface area contributed by atoms with E-state index < -0.39 is 12.2 Å². The second-order valence-corrected chi connectivity index (χ2v) is 4.46. The first-order valence-corrected chi connectivity index (χ1v) is 5.61. The van der Waals surface area contributed by atoms with E-state index in [0.29, 0.717) is 32.2 Å². The topological polar surface area (TPSA) is 32.5 Å². The number of halogens is 3. The van der Waals surface area contributed by atoms with Crippen molar-refractivity contribution in [1.82, 2.24) is 9.80 Å². The molecule has 1 aliphatic heterocycles. The number of alkyl halides is 3. The van der Waals surface area contributed by atoms with Gasteiger partial charge in [0.1, 0.15) is 6.04 Å². The molecule has 0 aromatic rings. The van der Waals surface area contributed by atoms with Gasteiger partial charge in [0.25, 0.3) is 0 Å². The van der Waals surface area contributed by atoms with E-state index in [1.807, 2.05) is 0 Å². The van der Waals surface area contributed by atoms with Crippen LogP contribution in [-0.2, 0) is 0 Å². The Morgan fingerprint density at radius 2 is 1.50 bits per heavy atom. The van der Waals surface area contributed by atoms with Crippen molar-refractivity contribution in [2.75, 3.05) is 32.7 Å². The molecule has 0 aliphatic carbocycles. The van der Waals surface area contributed by atoms with Crippen molar-refractivity contribution >= 4 is 0 Å². The van der Waals surface area contributed by atoms with Gasteiger partial charge in [-0.25, -0.2) is 0 Å². The molecule has 0 saturated carbocycles. The van der Waals surface area contributed by atoms with E-state index in [0.717, 1.165) is 0 Å². The summed E-state index contributed by atoms with van der Waals surface area (Å²) in [6.45, 7) is 6.01. The van der Waals surface area contributed by atoms with Crippen molar-refractivity contribution < 1.29 is 13.2 Å². The van der Waals surface area contributed by atoms with Crippen LogP contribution in [0.3, 0.4) is 0 Å². The first-order chi connectivity index (χ1) is 7.36. The Kier molecular flexibility index (Phi) is 4.58. The van der Waals surface area contributed by atoms with Crippen molar-refractivity contribution in [2.45, 2.75) is 32.1 Å².